The molecule has 2 aromatic rings. The molecule has 10 heteroatoms. The summed E-state index contributed by atoms with van der Waals surface area (Å²) >= 11 is 2.46. The molecule has 8 nitrogen and oxygen atoms in total. The Morgan fingerprint density at radius 1 is 1.25 bits per heavy atom. The maximum atomic E-state index is 13.0. The highest BCUT2D eigenvalue weighted by Crippen LogP contribution is 2.44. The highest BCUT2D eigenvalue weighted by Gasteiger charge is 2.41. The number of amidine groups is 1. The van der Waals surface area contributed by atoms with E-state index in [4.69, 9.17) is 5.11 Å². The second-order valence-electron chi connectivity index (χ2n) is 6.14. The molecule has 4 rings (SSSR count). The number of likely N-dealkylation sites (N-methyl/N-ethyl adjacent to an activating group) is 1. The number of carbonyl (C=O) groups is 3. The lowest BCUT2D eigenvalue weighted by atomic mass is 10.1. The minimum atomic E-state index is -1.13. The van der Waals surface area contributed by atoms with Crippen LogP contribution in [0.1, 0.15) is 11.3 Å². The van der Waals surface area contributed by atoms with Gasteiger partial charge in [-0.05, 0) is 24.8 Å². The summed E-state index contributed by atoms with van der Waals surface area (Å²) < 4.78 is 0. The van der Waals surface area contributed by atoms with Crippen molar-refractivity contribution in [3.8, 4) is 0 Å². The van der Waals surface area contributed by atoms with Crippen molar-refractivity contribution < 1.29 is 19.5 Å². The van der Waals surface area contributed by atoms with Gasteiger partial charge in [-0.2, -0.15) is 4.99 Å². The fourth-order valence-electron chi connectivity index (χ4n) is 2.96. The average Bonchev–Trinajstić information content (AvgIpc) is 3.27. The molecule has 3 heterocycles. The molecule has 2 aliphatic rings. The number of carbonyl (C=O) groups excluding carboxylic acids is 2. The van der Waals surface area contributed by atoms with E-state index < -0.39 is 18.4 Å². The highest BCUT2D eigenvalue weighted by atomic mass is 32.2. The molecule has 2 amide bonds. The molecule has 142 valence electrons. The molecule has 0 bridgehead atoms. The van der Waals surface area contributed by atoms with Gasteiger partial charge in [0, 0.05) is 18.0 Å². The van der Waals surface area contributed by atoms with E-state index in [1.807, 2.05) is 12.3 Å². The van der Waals surface area contributed by atoms with E-state index in [9.17, 15) is 14.4 Å². The van der Waals surface area contributed by atoms with Crippen molar-refractivity contribution in [1.29, 1.82) is 0 Å². The van der Waals surface area contributed by atoms with E-state index in [1.165, 1.54) is 21.1 Å². The highest BCUT2D eigenvalue weighted by molar-refractivity contribution is 8.18. The van der Waals surface area contributed by atoms with Crippen LogP contribution >= 0.6 is 23.1 Å². The van der Waals surface area contributed by atoms with Crippen LogP contribution in [-0.4, -0.2) is 51.5 Å². The number of para-hydroxylation sites is 1. The normalized spacial score (nSPS) is 20.4. The molecular weight excluding hydrogens is 400 g/mol. The third kappa shape index (κ3) is 3.00. The summed E-state index contributed by atoms with van der Waals surface area (Å²) in [5.74, 6) is -1.98. The van der Waals surface area contributed by atoms with E-state index in [1.54, 1.807) is 31.3 Å². The first-order chi connectivity index (χ1) is 13.4. The summed E-state index contributed by atoms with van der Waals surface area (Å²) in [5, 5.41) is 12.0. The number of rotatable bonds is 3. The number of aliphatic carboxylic acids is 1. The number of nitrogens with zero attached hydrogens (tertiary/aromatic N) is 4. The molecule has 0 atom stereocenters. The van der Waals surface area contributed by atoms with Gasteiger partial charge in [0.15, 0.2) is 5.17 Å². The number of benzene rings is 1. The summed E-state index contributed by atoms with van der Waals surface area (Å²) in [7, 11) is 1.59. The molecule has 0 saturated carbocycles. The van der Waals surface area contributed by atoms with Crippen molar-refractivity contribution in [2.24, 2.45) is 4.99 Å². The smallest absolute Gasteiger partial charge is 0.323 e. The van der Waals surface area contributed by atoms with Crippen molar-refractivity contribution in [3.63, 3.8) is 0 Å². The number of anilines is 1. The minimum Gasteiger partial charge on any atom is -0.480 e. The standard InChI is InChI=1S/C18H14N4O4S2/c1-9-8-27-17(19-9)20-18-21(2)16(26)14(28-18)13-10-5-3-4-6-11(10)22(15(13)25)7-12(23)24/h3-6,8H,7H2,1-2H3,(H,23,24)/b14-13-,20-18+. The first-order valence-electron chi connectivity index (χ1n) is 8.21. The number of hydrogen-bond acceptors (Lipinski definition) is 7. The quantitative estimate of drug-likeness (QED) is 0.774. The molecule has 1 aromatic carbocycles. The van der Waals surface area contributed by atoms with Crippen LogP contribution in [0, 0.1) is 6.92 Å². The molecule has 1 fully saturated rings. The van der Waals surface area contributed by atoms with E-state index in [0.717, 1.165) is 17.5 Å². The van der Waals surface area contributed by atoms with Crippen LogP contribution in [0.25, 0.3) is 5.57 Å². The van der Waals surface area contributed by atoms with Gasteiger partial charge in [-0.1, -0.05) is 18.2 Å². The van der Waals surface area contributed by atoms with Crippen molar-refractivity contribution >= 4 is 62.4 Å². The van der Waals surface area contributed by atoms with E-state index in [0.29, 0.717) is 21.6 Å². The van der Waals surface area contributed by atoms with Crippen LogP contribution in [0.2, 0.25) is 0 Å². The van der Waals surface area contributed by atoms with E-state index >= 15 is 0 Å². The largest absolute Gasteiger partial charge is 0.480 e. The van der Waals surface area contributed by atoms with Crippen molar-refractivity contribution in [2.45, 2.75) is 6.92 Å². The van der Waals surface area contributed by atoms with Gasteiger partial charge in [0.25, 0.3) is 11.8 Å². The molecule has 0 aliphatic carbocycles. The molecule has 1 saturated heterocycles. The van der Waals surface area contributed by atoms with Crippen LogP contribution in [0.15, 0.2) is 39.5 Å². The summed E-state index contributed by atoms with van der Waals surface area (Å²) in [6.07, 6.45) is 0. The predicted octanol–water partition coefficient (Wildman–Crippen LogP) is 2.49. The lowest BCUT2D eigenvalue weighted by Gasteiger charge is -2.13. The second-order valence-corrected chi connectivity index (χ2v) is 7.95. The summed E-state index contributed by atoms with van der Waals surface area (Å²) in [6, 6.07) is 6.86. The van der Waals surface area contributed by atoms with E-state index in [2.05, 4.69) is 9.98 Å². The Labute approximate surface area is 168 Å². The Kier molecular flexibility index (Phi) is 4.52. The maximum absolute atomic E-state index is 13.0. The summed E-state index contributed by atoms with van der Waals surface area (Å²) in [6.45, 7) is 1.38. The van der Waals surface area contributed by atoms with Gasteiger partial charge in [0.2, 0.25) is 5.13 Å². The third-order valence-corrected chi connectivity index (χ3v) is 6.20. The average molecular weight is 414 g/mol. The second kappa shape index (κ2) is 6.88. The zero-order valence-electron chi connectivity index (χ0n) is 14.9. The first kappa shape index (κ1) is 18.4. The molecule has 2 aliphatic heterocycles. The van der Waals surface area contributed by atoms with Crippen molar-refractivity contribution in [1.82, 2.24) is 9.88 Å². The Bertz CT molecular complexity index is 1090. The van der Waals surface area contributed by atoms with Crippen LogP contribution in [0.3, 0.4) is 0 Å². The Morgan fingerprint density at radius 2 is 2.00 bits per heavy atom. The topological polar surface area (TPSA) is 103 Å². The van der Waals surface area contributed by atoms with E-state index in [-0.39, 0.29) is 16.4 Å². The van der Waals surface area contributed by atoms with Gasteiger partial charge < -0.3 is 5.11 Å². The lowest BCUT2D eigenvalue weighted by Crippen LogP contribution is -2.32. The number of fused-ring (bicyclic) bond motifs is 1. The fourth-order valence-corrected chi connectivity index (χ4v) is 4.75. The molecule has 0 radical (unpaired) electrons. The number of hydrogen-bond donors (Lipinski definition) is 1. The number of thiazole rings is 1. The molecular formula is C18H14N4O4S2. The van der Waals surface area contributed by atoms with Crippen molar-refractivity contribution in [3.05, 3.63) is 45.8 Å². The van der Waals surface area contributed by atoms with Gasteiger partial charge in [0.05, 0.1) is 21.9 Å². The summed E-state index contributed by atoms with van der Waals surface area (Å²) in [4.78, 5) is 48.5. The Balaban J connectivity index is 1.80. The van der Waals surface area contributed by atoms with Crippen LogP contribution in [-0.2, 0) is 14.4 Å². The Hall–Kier alpha value is -2.98. The summed E-state index contributed by atoms with van der Waals surface area (Å²) in [5.41, 5.74) is 2.07. The van der Waals surface area contributed by atoms with Gasteiger partial charge in [0.1, 0.15) is 6.54 Å². The van der Waals surface area contributed by atoms with Crippen molar-refractivity contribution in [2.75, 3.05) is 18.5 Å². The van der Waals surface area contributed by atoms with Crippen LogP contribution in [0.5, 0.6) is 0 Å². The Morgan fingerprint density at radius 3 is 2.68 bits per heavy atom. The predicted molar refractivity (Wildman–Crippen MR) is 108 cm³/mol. The zero-order chi connectivity index (χ0) is 20.0. The number of aryl methyl sites for hydroxylation is 1. The van der Waals surface area contributed by atoms with Crippen LogP contribution in [0.4, 0.5) is 10.8 Å². The number of amides is 2. The van der Waals surface area contributed by atoms with Crippen LogP contribution < -0.4 is 4.90 Å². The number of carboxylic acids is 1. The maximum Gasteiger partial charge on any atom is 0.323 e. The SMILES string of the molecule is Cc1csc(/N=C2/S/C(=C3\C(=O)N(CC(=O)O)c4ccccc43)C(=O)N2C)n1. The molecule has 1 aromatic heterocycles. The zero-order valence-corrected chi connectivity index (χ0v) is 16.5. The third-order valence-electron chi connectivity index (χ3n) is 4.22. The van der Waals surface area contributed by atoms with Gasteiger partial charge in [-0.25, -0.2) is 4.98 Å². The molecule has 0 spiro atoms. The van der Waals surface area contributed by atoms with Gasteiger partial charge in [-0.3, -0.25) is 24.2 Å². The van der Waals surface area contributed by atoms with Gasteiger partial charge >= 0.3 is 5.97 Å². The number of thioether (sulfide) groups is 1. The monoisotopic (exact) mass is 414 g/mol. The fraction of sp³-hybridized carbons (Fsp3) is 0.167. The lowest BCUT2D eigenvalue weighted by molar-refractivity contribution is -0.136. The number of aliphatic imine (C=N–C) groups is 1. The molecule has 1 N–H and O–H groups in total. The minimum absolute atomic E-state index is 0.208. The molecule has 28 heavy (non-hydrogen) atoms. The molecule has 0 unspecified atom stereocenters. The first-order valence-corrected chi connectivity index (χ1v) is 9.90. The number of aromatic nitrogens is 1. The number of carboxylic acid groups (broad SMARTS) is 1. The van der Waals surface area contributed by atoms with Gasteiger partial charge in [-0.15, -0.1) is 11.3 Å².